The summed E-state index contributed by atoms with van der Waals surface area (Å²) in [6, 6.07) is -0.426. The molecule has 5 nitrogen and oxygen atoms in total. The summed E-state index contributed by atoms with van der Waals surface area (Å²) in [5, 5.41) is 2.70. The molecule has 0 aromatic heterocycles. The number of carbonyl (C=O) groups is 1. The van der Waals surface area contributed by atoms with Gasteiger partial charge in [0.2, 0.25) is 0 Å². The second kappa shape index (κ2) is 2.75. The fourth-order valence-corrected chi connectivity index (χ4v) is 1.60. The first-order chi connectivity index (χ1) is 5.77. The van der Waals surface area contributed by atoms with E-state index in [0.29, 0.717) is 18.4 Å². The number of nitrogens with zero attached hydrogens (tertiary/aromatic N) is 1. The summed E-state index contributed by atoms with van der Waals surface area (Å²) in [6.45, 7) is 1.42. The monoisotopic (exact) mass is 169 g/mol. The SMILES string of the molecule is NC1=NC(=O)NC1C1CCOC1. The van der Waals surface area contributed by atoms with Gasteiger partial charge in [0.25, 0.3) is 0 Å². The van der Waals surface area contributed by atoms with Gasteiger partial charge in [-0.1, -0.05) is 0 Å². The smallest absolute Gasteiger partial charge is 0.343 e. The van der Waals surface area contributed by atoms with Crippen molar-refractivity contribution in [3.8, 4) is 0 Å². The Morgan fingerprint density at radius 1 is 1.67 bits per heavy atom. The maximum absolute atomic E-state index is 10.8. The number of amidine groups is 1. The molecule has 66 valence electrons. The molecule has 2 amide bonds. The first-order valence-corrected chi connectivity index (χ1v) is 3.99. The summed E-state index contributed by atoms with van der Waals surface area (Å²) >= 11 is 0. The van der Waals surface area contributed by atoms with E-state index in [4.69, 9.17) is 10.5 Å². The Bertz CT molecular complexity index is 233. The van der Waals surface area contributed by atoms with Gasteiger partial charge in [-0.15, -0.1) is 0 Å². The Hall–Kier alpha value is -1.10. The molecule has 0 bridgehead atoms. The van der Waals surface area contributed by atoms with E-state index in [1.54, 1.807) is 0 Å². The molecular weight excluding hydrogens is 158 g/mol. The molecule has 0 aromatic rings. The number of hydrogen-bond donors (Lipinski definition) is 2. The predicted molar refractivity (Wildman–Crippen MR) is 42.9 cm³/mol. The second-order valence-electron chi connectivity index (χ2n) is 3.09. The first-order valence-electron chi connectivity index (χ1n) is 3.99. The minimum atomic E-state index is -0.329. The number of carbonyl (C=O) groups excluding carboxylic acids is 1. The number of ether oxygens (including phenoxy) is 1. The standard InChI is InChI=1S/C7H11N3O2/c8-6-5(9-7(11)10-6)4-1-2-12-3-4/h4-5H,1-3H2,(H3,8,9,10,11). The minimum absolute atomic E-state index is 0.0972. The van der Waals surface area contributed by atoms with Gasteiger partial charge in [-0.2, -0.15) is 4.99 Å². The summed E-state index contributed by atoms with van der Waals surface area (Å²) in [5.74, 6) is 0.704. The molecular formula is C7H11N3O2. The second-order valence-corrected chi connectivity index (χ2v) is 3.09. The van der Waals surface area contributed by atoms with Crippen LogP contribution in [-0.2, 0) is 4.74 Å². The van der Waals surface area contributed by atoms with E-state index in [9.17, 15) is 4.79 Å². The molecule has 2 rings (SSSR count). The van der Waals surface area contributed by atoms with E-state index in [2.05, 4.69) is 10.3 Å². The normalized spacial score (nSPS) is 35.0. The van der Waals surface area contributed by atoms with Crippen molar-refractivity contribution in [2.24, 2.45) is 16.6 Å². The highest BCUT2D eigenvalue weighted by Crippen LogP contribution is 2.18. The highest BCUT2D eigenvalue weighted by molar-refractivity contribution is 6.02. The number of hydrogen-bond acceptors (Lipinski definition) is 3. The lowest BCUT2D eigenvalue weighted by atomic mass is 9.99. The molecule has 2 heterocycles. The molecule has 2 atom stereocenters. The average molecular weight is 169 g/mol. The van der Waals surface area contributed by atoms with Crippen LogP contribution in [0.5, 0.6) is 0 Å². The summed E-state index contributed by atoms with van der Waals surface area (Å²) in [7, 11) is 0. The van der Waals surface area contributed by atoms with Crippen molar-refractivity contribution in [3.63, 3.8) is 0 Å². The molecule has 2 aliphatic rings. The highest BCUT2D eigenvalue weighted by atomic mass is 16.5. The van der Waals surface area contributed by atoms with Crippen molar-refractivity contribution in [2.75, 3.05) is 13.2 Å². The molecule has 2 aliphatic heterocycles. The van der Waals surface area contributed by atoms with E-state index in [-0.39, 0.29) is 12.1 Å². The van der Waals surface area contributed by atoms with E-state index < -0.39 is 0 Å². The van der Waals surface area contributed by atoms with Crippen molar-refractivity contribution >= 4 is 11.9 Å². The molecule has 3 N–H and O–H groups in total. The maximum atomic E-state index is 10.8. The van der Waals surface area contributed by atoms with E-state index in [0.717, 1.165) is 13.0 Å². The molecule has 1 fully saturated rings. The number of nitrogens with one attached hydrogen (secondary N) is 1. The predicted octanol–water partition coefficient (Wildman–Crippen LogP) is -0.528. The van der Waals surface area contributed by atoms with E-state index in [1.807, 2.05) is 0 Å². The van der Waals surface area contributed by atoms with Gasteiger partial charge in [-0.25, -0.2) is 4.79 Å². The van der Waals surface area contributed by atoms with E-state index in [1.165, 1.54) is 0 Å². The third-order valence-electron chi connectivity index (χ3n) is 2.26. The fraction of sp³-hybridized carbons (Fsp3) is 0.714. The highest BCUT2D eigenvalue weighted by Gasteiger charge is 2.33. The molecule has 0 spiro atoms. The zero-order valence-electron chi connectivity index (χ0n) is 6.62. The Morgan fingerprint density at radius 3 is 3.00 bits per heavy atom. The summed E-state index contributed by atoms with van der Waals surface area (Å²) in [4.78, 5) is 14.4. The zero-order valence-corrected chi connectivity index (χ0v) is 6.62. The van der Waals surface area contributed by atoms with E-state index >= 15 is 0 Å². The number of aliphatic imine (C=N–C) groups is 1. The van der Waals surface area contributed by atoms with Gasteiger partial charge in [-0.05, 0) is 6.42 Å². The van der Waals surface area contributed by atoms with Crippen molar-refractivity contribution in [1.82, 2.24) is 5.32 Å². The van der Waals surface area contributed by atoms with Crippen LogP contribution in [-0.4, -0.2) is 31.1 Å². The van der Waals surface area contributed by atoms with Crippen LogP contribution >= 0.6 is 0 Å². The maximum Gasteiger partial charge on any atom is 0.343 e. The average Bonchev–Trinajstić information content (AvgIpc) is 2.58. The van der Waals surface area contributed by atoms with Crippen LogP contribution in [0.25, 0.3) is 0 Å². The van der Waals surface area contributed by atoms with Crippen molar-refractivity contribution in [3.05, 3.63) is 0 Å². The van der Waals surface area contributed by atoms with Crippen LogP contribution in [0.3, 0.4) is 0 Å². The third kappa shape index (κ3) is 1.16. The summed E-state index contributed by atoms with van der Waals surface area (Å²) in [6.07, 6.45) is 0.946. The Morgan fingerprint density at radius 2 is 2.50 bits per heavy atom. The van der Waals surface area contributed by atoms with Crippen LogP contribution in [0.4, 0.5) is 4.79 Å². The number of urea groups is 1. The van der Waals surface area contributed by atoms with Crippen LogP contribution in [0.15, 0.2) is 4.99 Å². The molecule has 0 radical (unpaired) electrons. The topological polar surface area (TPSA) is 76.7 Å². The van der Waals surface area contributed by atoms with Crippen molar-refractivity contribution in [2.45, 2.75) is 12.5 Å². The zero-order chi connectivity index (χ0) is 8.55. The van der Waals surface area contributed by atoms with Gasteiger partial charge in [-0.3, -0.25) is 0 Å². The van der Waals surface area contributed by atoms with Gasteiger partial charge in [0.1, 0.15) is 5.84 Å². The van der Waals surface area contributed by atoms with Gasteiger partial charge >= 0.3 is 6.03 Å². The molecule has 0 aliphatic carbocycles. The van der Waals surface area contributed by atoms with Gasteiger partial charge < -0.3 is 15.8 Å². The molecule has 2 unspecified atom stereocenters. The Kier molecular flexibility index (Phi) is 1.73. The van der Waals surface area contributed by atoms with Crippen LogP contribution in [0, 0.1) is 5.92 Å². The molecule has 5 heteroatoms. The summed E-state index contributed by atoms with van der Waals surface area (Å²) < 4.78 is 5.19. The molecule has 1 saturated heterocycles. The van der Waals surface area contributed by atoms with Gasteiger partial charge in [0.15, 0.2) is 0 Å². The third-order valence-corrected chi connectivity index (χ3v) is 2.26. The lowest BCUT2D eigenvalue weighted by molar-refractivity contribution is 0.182. The van der Waals surface area contributed by atoms with Gasteiger partial charge in [0.05, 0.1) is 12.6 Å². The number of rotatable bonds is 1. The van der Waals surface area contributed by atoms with Crippen molar-refractivity contribution in [1.29, 1.82) is 0 Å². The number of nitrogens with two attached hydrogens (primary N) is 1. The Balaban J connectivity index is 2.05. The molecule has 0 aromatic carbocycles. The minimum Gasteiger partial charge on any atom is -0.385 e. The first kappa shape index (κ1) is 7.54. The fourth-order valence-electron chi connectivity index (χ4n) is 1.60. The van der Waals surface area contributed by atoms with Crippen molar-refractivity contribution < 1.29 is 9.53 Å². The quantitative estimate of drug-likeness (QED) is 0.554. The molecule has 12 heavy (non-hydrogen) atoms. The lowest BCUT2D eigenvalue weighted by Gasteiger charge is -2.15. The van der Waals surface area contributed by atoms with Crippen LogP contribution in [0.1, 0.15) is 6.42 Å². The summed E-state index contributed by atoms with van der Waals surface area (Å²) in [5.41, 5.74) is 5.56. The van der Waals surface area contributed by atoms with Crippen LogP contribution in [0.2, 0.25) is 0 Å². The largest absolute Gasteiger partial charge is 0.385 e. The van der Waals surface area contributed by atoms with Gasteiger partial charge in [0, 0.05) is 12.5 Å². The lowest BCUT2D eigenvalue weighted by Crippen LogP contribution is -2.42. The number of amides is 2. The molecule has 0 saturated carbocycles. The van der Waals surface area contributed by atoms with Crippen LogP contribution < -0.4 is 11.1 Å². The Labute approximate surface area is 70.0 Å².